The van der Waals surface area contributed by atoms with Crippen LogP contribution in [-0.2, 0) is 4.74 Å². The lowest BCUT2D eigenvalue weighted by Crippen LogP contribution is -2.40. The summed E-state index contributed by atoms with van der Waals surface area (Å²) in [5.41, 5.74) is 0. The Morgan fingerprint density at radius 2 is 2.08 bits per heavy atom. The fraction of sp³-hybridized carbons (Fsp3) is 1.00. The number of methoxy groups -OCH3 is 1. The minimum absolute atomic E-state index is 0.308. The van der Waals surface area contributed by atoms with Gasteiger partial charge in [0.25, 0.3) is 0 Å². The molecule has 0 aromatic carbocycles. The molecule has 2 heterocycles. The van der Waals surface area contributed by atoms with Crippen LogP contribution in [0.2, 0.25) is 0 Å². The number of hydrogen-bond donors (Lipinski definition) is 1. The van der Waals surface area contributed by atoms with Crippen molar-refractivity contribution in [1.82, 2.24) is 0 Å². The van der Waals surface area contributed by atoms with Crippen molar-refractivity contribution in [3.05, 3.63) is 0 Å². The molecule has 0 saturated carbocycles. The van der Waals surface area contributed by atoms with Gasteiger partial charge in [0, 0.05) is 28.1 Å². The van der Waals surface area contributed by atoms with Gasteiger partial charge < -0.3 is 4.74 Å². The first-order valence-corrected chi connectivity index (χ1v) is 7.71. The Kier molecular flexibility index (Phi) is 2.41. The molecule has 2 rings (SSSR count). The van der Waals surface area contributed by atoms with E-state index in [0.29, 0.717) is 5.25 Å². The summed E-state index contributed by atoms with van der Waals surface area (Å²) in [4.78, 5) is 0. The van der Waals surface area contributed by atoms with Crippen molar-refractivity contribution in [3.8, 4) is 0 Å². The van der Waals surface area contributed by atoms with Gasteiger partial charge in [0.2, 0.25) is 0 Å². The molecule has 0 aromatic heterocycles. The van der Waals surface area contributed by atoms with Gasteiger partial charge in [-0.15, -0.1) is 0 Å². The minimum Gasteiger partial charge on any atom is -0.384 e. The van der Waals surface area contributed by atoms with Crippen LogP contribution >= 0.6 is 22.7 Å². The Bertz CT molecular complexity index is 219. The van der Waals surface area contributed by atoms with E-state index in [-0.39, 0.29) is 10.0 Å². The average molecular weight is 220 g/mol. The van der Waals surface area contributed by atoms with Crippen LogP contribution in [0.1, 0.15) is 13.8 Å². The van der Waals surface area contributed by atoms with E-state index >= 15 is 0 Å². The molecule has 0 bridgehead atoms. The van der Waals surface area contributed by atoms with E-state index in [0.717, 1.165) is 28.3 Å². The zero-order chi connectivity index (χ0) is 9.80. The second-order valence-electron chi connectivity index (χ2n) is 4.77. The van der Waals surface area contributed by atoms with E-state index in [1.54, 1.807) is 0 Å². The number of fused-ring (bicyclic) bond motifs is 1. The lowest BCUT2D eigenvalue weighted by molar-refractivity contribution is 0.196. The SMILES string of the molecule is COCC1C(S)C2C(C(C)C)S12C. The summed E-state index contributed by atoms with van der Waals surface area (Å²) in [5.74, 6) is 0.849. The minimum atomic E-state index is -0.308. The third-order valence-corrected chi connectivity index (χ3v) is 10.1. The Hall–Kier alpha value is 0.660. The zero-order valence-electron chi connectivity index (χ0n) is 8.86. The first-order valence-electron chi connectivity index (χ1n) is 4.97. The molecule has 0 spiro atoms. The Balaban J connectivity index is 2.04. The summed E-state index contributed by atoms with van der Waals surface area (Å²) >= 11 is 4.70. The van der Waals surface area contributed by atoms with E-state index in [1.165, 1.54) is 0 Å². The standard InChI is InChI=1S/C10H20OS2/c1-6(2)9-10-8(12)7(5-11-3)13(9,10)4/h6-10,12H,5H2,1-4H3. The van der Waals surface area contributed by atoms with Gasteiger partial charge in [-0.05, 0) is 12.2 Å². The predicted molar refractivity (Wildman–Crippen MR) is 64.4 cm³/mol. The lowest BCUT2D eigenvalue weighted by atomic mass is 10.1. The number of hydrogen-bond acceptors (Lipinski definition) is 2. The van der Waals surface area contributed by atoms with Gasteiger partial charge in [0.15, 0.2) is 0 Å². The Morgan fingerprint density at radius 1 is 1.46 bits per heavy atom. The van der Waals surface area contributed by atoms with Gasteiger partial charge >= 0.3 is 0 Å². The van der Waals surface area contributed by atoms with Crippen LogP contribution in [0.3, 0.4) is 0 Å². The van der Waals surface area contributed by atoms with Crippen molar-refractivity contribution >= 4 is 22.7 Å². The van der Waals surface area contributed by atoms with E-state index in [9.17, 15) is 0 Å². The van der Waals surface area contributed by atoms with Crippen LogP contribution in [0.25, 0.3) is 0 Å². The molecule has 0 amide bonds. The van der Waals surface area contributed by atoms with Crippen LogP contribution in [0.4, 0.5) is 0 Å². The second-order valence-corrected chi connectivity index (χ2v) is 9.29. The monoisotopic (exact) mass is 220 g/mol. The molecule has 3 heteroatoms. The molecule has 2 saturated heterocycles. The number of rotatable bonds is 3. The quantitative estimate of drug-likeness (QED) is 0.566. The van der Waals surface area contributed by atoms with Crippen LogP contribution in [0.5, 0.6) is 0 Å². The van der Waals surface area contributed by atoms with Gasteiger partial charge in [-0.25, -0.2) is 10.0 Å². The van der Waals surface area contributed by atoms with Crippen molar-refractivity contribution in [3.63, 3.8) is 0 Å². The maximum atomic E-state index is 5.28. The fourth-order valence-electron chi connectivity index (χ4n) is 3.17. The molecular weight excluding hydrogens is 200 g/mol. The Morgan fingerprint density at radius 3 is 2.46 bits per heavy atom. The maximum absolute atomic E-state index is 5.28. The van der Waals surface area contributed by atoms with Crippen LogP contribution in [0, 0.1) is 5.92 Å². The van der Waals surface area contributed by atoms with Gasteiger partial charge in [-0.2, -0.15) is 12.6 Å². The van der Waals surface area contributed by atoms with E-state index in [1.807, 2.05) is 7.11 Å². The number of thiol groups is 1. The van der Waals surface area contributed by atoms with Crippen LogP contribution in [-0.4, -0.2) is 41.0 Å². The molecular formula is C10H20OS2. The second kappa shape index (κ2) is 3.07. The zero-order valence-corrected chi connectivity index (χ0v) is 10.6. The van der Waals surface area contributed by atoms with Gasteiger partial charge in [0.05, 0.1) is 6.61 Å². The molecule has 0 radical (unpaired) electrons. The van der Waals surface area contributed by atoms with Gasteiger partial charge in [-0.3, -0.25) is 0 Å². The highest BCUT2D eigenvalue weighted by Gasteiger charge is 2.73. The molecule has 2 aliphatic heterocycles. The summed E-state index contributed by atoms with van der Waals surface area (Å²) in [6.07, 6.45) is 2.50. The molecule has 2 fully saturated rings. The van der Waals surface area contributed by atoms with E-state index in [4.69, 9.17) is 17.4 Å². The molecule has 0 N–H and O–H groups in total. The highest BCUT2D eigenvalue weighted by Crippen LogP contribution is 2.87. The Labute approximate surface area is 88.3 Å². The fourth-order valence-corrected chi connectivity index (χ4v) is 10.8. The first kappa shape index (κ1) is 10.2. The summed E-state index contributed by atoms with van der Waals surface area (Å²) in [6, 6.07) is 0. The topological polar surface area (TPSA) is 9.23 Å². The molecule has 0 aromatic rings. The predicted octanol–water partition coefficient (Wildman–Crippen LogP) is 2.15. The maximum Gasteiger partial charge on any atom is 0.0577 e. The largest absolute Gasteiger partial charge is 0.384 e. The van der Waals surface area contributed by atoms with E-state index in [2.05, 4.69) is 20.1 Å². The van der Waals surface area contributed by atoms with Crippen LogP contribution < -0.4 is 0 Å². The van der Waals surface area contributed by atoms with Crippen molar-refractivity contribution in [1.29, 1.82) is 0 Å². The molecule has 5 atom stereocenters. The van der Waals surface area contributed by atoms with Gasteiger partial charge in [0.1, 0.15) is 0 Å². The highest BCUT2D eigenvalue weighted by atomic mass is 32.3. The lowest BCUT2D eigenvalue weighted by Gasteiger charge is -2.43. The average Bonchev–Trinajstić information content (AvgIpc) is 2.64. The van der Waals surface area contributed by atoms with Crippen molar-refractivity contribution < 1.29 is 4.74 Å². The third-order valence-electron chi connectivity index (χ3n) is 3.78. The molecule has 5 unspecified atom stereocenters. The van der Waals surface area contributed by atoms with Crippen molar-refractivity contribution in [2.24, 2.45) is 5.92 Å². The summed E-state index contributed by atoms with van der Waals surface area (Å²) in [5, 5.41) is 3.34. The smallest absolute Gasteiger partial charge is 0.0577 e. The van der Waals surface area contributed by atoms with Gasteiger partial charge in [-0.1, -0.05) is 13.8 Å². The molecule has 2 aliphatic rings. The molecule has 1 nitrogen and oxygen atoms in total. The van der Waals surface area contributed by atoms with Crippen molar-refractivity contribution in [2.75, 3.05) is 20.0 Å². The first-order chi connectivity index (χ1) is 6.05. The normalized spacial score (nSPS) is 58.0. The van der Waals surface area contributed by atoms with Crippen LogP contribution in [0.15, 0.2) is 0 Å². The molecule has 78 valence electrons. The summed E-state index contributed by atoms with van der Waals surface area (Å²) in [7, 11) is 1.50. The van der Waals surface area contributed by atoms with Crippen molar-refractivity contribution in [2.45, 2.75) is 34.8 Å². The summed E-state index contributed by atoms with van der Waals surface area (Å²) in [6.45, 7) is 5.64. The molecule has 0 aliphatic carbocycles. The van der Waals surface area contributed by atoms with E-state index < -0.39 is 0 Å². The highest BCUT2D eigenvalue weighted by molar-refractivity contribution is 8.42. The third kappa shape index (κ3) is 1.13. The summed E-state index contributed by atoms with van der Waals surface area (Å²) < 4.78 is 5.28. The number of ether oxygens (including phenoxy) is 1. The molecule has 13 heavy (non-hydrogen) atoms.